The van der Waals surface area contributed by atoms with E-state index < -0.39 is 0 Å². The molecule has 10 aliphatic rings. The monoisotopic (exact) mass is 1700 g/mol. The number of rotatable bonds is 21. The number of aryl methyl sites for hydroxylation is 3. The van der Waals surface area contributed by atoms with E-state index in [4.69, 9.17) is 37.9 Å². The summed E-state index contributed by atoms with van der Waals surface area (Å²) < 4.78 is 48.7. The molecule has 21 rings (SSSR count). The van der Waals surface area contributed by atoms with Crippen molar-refractivity contribution in [2.24, 2.45) is 41.4 Å². The van der Waals surface area contributed by atoms with Crippen molar-refractivity contribution in [2.75, 3.05) is 0 Å². The van der Waals surface area contributed by atoms with Crippen LogP contribution in [0, 0.1) is 41.4 Å². The number of fused-ring (bicyclic) bond motifs is 11. The van der Waals surface area contributed by atoms with Crippen molar-refractivity contribution in [3.05, 3.63) is 308 Å². The molecule has 0 heterocycles. The van der Waals surface area contributed by atoms with Gasteiger partial charge in [0.2, 0.25) is 0 Å². The molecule has 0 radical (unpaired) electrons. The minimum Gasteiger partial charge on any atom is -0.375 e. The second kappa shape index (κ2) is 44.0. The summed E-state index contributed by atoms with van der Waals surface area (Å²) in [4.78, 5) is 0. The molecule has 11 aromatic rings. The molecule has 2 bridgehead atoms. The second-order valence-electron chi connectivity index (χ2n) is 39.6. The molecule has 3 saturated carbocycles. The van der Waals surface area contributed by atoms with Crippen molar-refractivity contribution in [3.63, 3.8) is 0 Å². The maximum absolute atomic E-state index is 6.33. The minimum absolute atomic E-state index is 0.0878. The van der Waals surface area contributed by atoms with Crippen LogP contribution >= 0.6 is 0 Å². The smallest absolute Gasteiger partial charge is 0.109 e. The molecule has 0 aromatic heterocycles. The molecule has 10 aliphatic carbocycles. The molecule has 0 spiro atoms. The van der Waals surface area contributed by atoms with Gasteiger partial charge in [-0.3, -0.25) is 0 Å². The van der Waals surface area contributed by atoms with E-state index in [1.807, 2.05) is 0 Å². The summed E-state index contributed by atoms with van der Waals surface area (Å²) in [5.41, 5.74) is 22.3. The van der Waals surface area contributed by atoms with E-state index in [9.17, 15) is 0 Å². The average molecular weight is 1700 g/mol. The van der Waals surface area contributed by atoms with Crippen LogP contribution in [0.3, 0.4) is 0 Å². The van der Waals surface area contributed by atoms with Gasteiger partial charge in [0.15, 0.2) is 0 Å². The molecule has 0 saturated heterocycles. The second-order valence-corrected chi connectivity index (χ2v) is 39.6. The molecule has 16 atom stereocenters. The van der Waals surface area contributed by atoms with E-state index >= 15 is 0 Å². The third-order valence-electron chi connectivity index (χ3n) is 28.9. The molecule has 0 N–H and O–H groups in total. The summed E-state index contributed by atoms with van der Waals surface area (Å²) in [5.74, 6) is 5.82. The Labute approximate surface area is 758 Å². The molecule has 16 unspecified atom stereocenters. The molecule has 0 amide bonds. The van der Waals surface area contributed by atoms with Gasteiger partial charge in [-0.2, -0.15) is 0 Å². The Morgan fingerprint density at radius 3 is 0.976 bits per heavy atom. The fourth-order valence-corrected chi connectivity index (χ4v) is 21.3. The van der Waals surface area contributed by atoms with Gasteiger partial charge in [-0.25, -0.2) is 0 Å². The van der Waals surface area contributed by atoms with Gasteiger partial charge in [0.1, 0.15) is 6.10 Å². The van der Waals surface area contributed by atoms with Gasteiger partial charge in [-0.15, -0.1) is 0 Å². The van der Waals surface area contributed by atoms with E-state index in [0.29, 0.717) is 78.8 Å². The Kier molecular flexibility index (Phi) is 32.8. The maximum Gasteiger partial charge on any atom is 0.109 e. The van der Waals surface area contributed by atoms with Crippen molar-refractivity contribution in [2.45, 2.75) is 332 Å². The highest BCUT2D eigenvalue weighted by Crippen LogP contribution is 2.60. The van der Waals surface area contributed by atoms with Gasteiger partial charge in [-0.1, -0.05) is 292 Å². The molecule has 11 aromatic carbocycles. The van der Waals surface area contributed by atoms with E-state index in [1.54, 1.807) is 0 Å². The Morgan fingerprint density at radius 2 is 0.571 bits per heavy atom. The predicted molar refractivity (Wildman–Crippen MR) is 525 cm³/mol. The van der Waals surface area contributed by atoms with Crippen molar-refractivity contribution < 1.29 is 37.9 Å². The first-order valence-corrected chi connectivity index (χ1v) is 49.1. The lowest BCUT2D eigenvalue weighted by Crippen LogP contribution is -2.32. The zero-order valence-corrected chi connectivity index (χ0v) is 79.8. The lowest BCUT2D eigenvalue weighted by Gasteiger charge is -2.32. The highest BCUT2D eigenvalue weighted by atomic mass is 16.5. The lowest BCUT2D eigenvalue weighted by molar-refractivity contribution is -0.0431. The van der Waals surface area contributed by atoms with Crippen LogP contribution < -0.4 is 0 Å². The fraction of sp³-hybridized carbons (Fsp3) is 0.492. The van der Waals surface area contributed by atoms with Crippen molar-refractivity contribution in [3.8, 4) is 11.1 Å². The maximum atomic E-state index is 6.33. The van der Waals surface area contributed by atoms with Crippen LogP contribution in [0.25, 0.3) is 43.4 Å². The first-order chi connectivity index (χ1) is 60.9. The van der Waals surface area contributed by atoms with Crippen LogP contribution in [0.4, 0.5) is 0 Å². The van der Waals surface area contributed by atoms with E-state index in [1.165, 1.54) is 173 Å². The number of ether oxygens (including phenoxy) is 8. The standard InChI is InChI=1S/C18H20O.C17H20O.C16H18O.C15H16O.C14H20O.C13H22O.C13H18O.C12H16O/c1-12(2)13(3)19-18-16-10-6-4-8-14(16)15-9-5-7-11-17(15)18;1-11(2)12(3)18-16-10-14-8-4-6-13-7-5-9-15(16)17(13)14;1-3-11(2)17-15-10-13-8-4-6-12-7-5-9-14(15)16(12)13;1-10(2)16-14-9-12-7-3-5-11-6-4-8-13(14)15(11)12;1-10(2)11(3)15-14-9-8-12-6-4-5-7-13(12)14;1-8(2)14-13-7-9-6-12(13)11-5-3-4-10(9)11;1-3-10(2)14-13-9-8-11-6-4-5-7-12(11)13;1-9(2)13-12-8-7-10-5-3-4-6-11(10)12/h4-13,18H,1-3H3;4-9,11-12,16H,10H2,1-3H3;4-9,11,15H,3,10H2,1-2H3;3-8,10,14H,9H2,1-2H3;4-7,10-11,14H,8-9H2,1-3H3;8-13H,3-7H2,1-2H3;4-7,10,13H,3,8-9H2,1-2H3;3-6,9,12H,7-8H2,1-2H3. The van der Waals surface area contributed by atoms with E-state index in [0.717, 1.165) is 75.0 Å². The van der Waals surface area contributed by atoms with Gasteiger partial charge in [0.25, 0.3) is 0 Å². The summed E-state index contributed by atoms with van der Waals surface area (Å²) in [5, 5.41) is 8.27. The predicted octanol–water partition coefficient (Wildman–Crippen LogP) is 31.0. The Bertz CT molecular complexity index is 5240. The van der Waals surface area contributed by atoms with Gasteiger partial charge in [0, 0.05) is 19.3 Å². The summed E-state index contributed by atoms with van der Waals surface area (Å²) >= 11 is 0. The van der Waals surface area contributed by atoms with E-state index in [2.05, 4.69) is 362 Å². The summed E-state index contributed by atoms with van der Waals surface area (Å²) in [6, 6.07) is 82.3. The van der Waals surface area contributed by atoms with Gasteiger partial charge in [0.05, 0.1) is 91.6 Å². The normalized spacial score (nSPS) is 22.9. The molecular formula is C118H150O8. The highest BCUT2D eigenvalue weighted by molar-refractivity contribution is 5.93. The van der Waals surface area contributed by atoms with Crippen LogP contribution in [0.1, 0.15) is 316 Å². The Balaban J connectivity index is 0.000000117. The van der Waals surface area contributed by atoms with Crippen LogP contribution in [0.5, 0.6) is 0 Å². The third-order valence-corrected chi connectivity index (χ3v) is 28.9. The Hall–Kier alpha value is -8.12. The fourth-order valence-electron chi connectivity index (χ4n) is 21.3. The molecular weight excluding hydrogens is 1550 g/mol. The molecule has 8 heteroatoms. The van der Waals surface area contributed by atoms with Crippen molar-refractivity contribution >= 4 is 32.3 Å². The molecule has 3 fully saturated rings. The largest absolute Gasteiger partial charge is 0.375 e. The molecule has 126 heavy (non-hydrogen) atoms. The highest BCUT2D eigenvalue weighted by Gasteiger charge is 2.54. The van der Waals surface area contributed by atoms with Crippen molar-refractivity contribution in [1.29, 1.82) is 0 Å². The zero-order chi connectivity index (χ0) is 88.8. The van der Waals surface area contributed by atoms with Crippen LogP contribution in [-0.4, -0.2) is 54.9 Å². The molecule has 670 valence electrons. The van der Waals surface area contributed by atoms with Crippen molar-refractivity contribution in [1.82, 2.24) is 0 Å². The summed E-state index contributed by atoms with van der Waals surface area (Å²) in [7, 11) is 0. The van der Waals surface area contributed by atoms with Gasteiger partial charge in [-0.05, 0) is 316 Å². The SMILES string of the molecule is CC(C)C(C)OC1CCc2ccccc21.CC(C)C(C)OC1Cc2cccc3cccc1c23.CC(C)C(C)OC1c2ccccc2-c2ccccc21.CC(C)OC1CC2CC1C1CCCC21.CC(C)OC1CCc2ccccc21.CC(C)OC1Cc2cccc3cccc1c23.CCC(C)OC1CCc2ccccc21.CCC(C)OC1Cc2cccc3cccc1c23. The lowest BCUT2D eigenvalue weighted by atomic mass is 9.80. The number of hydrogen-bond acceptors (Lipinski definition) is 8. The van der Waals surface area contributed by atoms with E-state index in [-0.39, 0.29) is 36.6 Å². The van der Waals surface area contributed by atoms with Crippen LogP contribution in [-0.2, 0) is 76.4 Å². The average Bonchev–Trinajstić information content (AvgIpc) is 2.05. The number of benzene rings is 11. The van der Waals surface area contributed by atoms with Crippen LogP contribution in [0.2, 0.25) is 0 Å². The summed E-state index contributed by atoms with van der Waals surface area (Å²) in [6.07, 6.45) is 24.8. The first kappa shape index (κ1) is 94.0. The van der Waals surface area contributed by atoms with Gasteiger partial charge >= 0.3 is 0 Å². The first-order valence-electron chi connectivity index (χ1n) is 49.1. The zero-order valence-electron chi connectivity index (χ0n) is 79.8. The third kappa shape index (κ3) is 22.6. The van der Waals surface area contributed by atoms with Crippen LogP contribution in [0.15, 0.2) is 231 Å². The quantitative estimate of drug-likeness (QED) is 0.0705. The summed E-state index contributed by atoms with van der Waals surface area (Å²) in [6.45, 7) is 41.2. The molecule has 0 aliphatic heterocycles. The molecule has 8 nitrogen and oxygen atoms in total. The number of hydrogen-bond donors (Lipinski definition) is 0. The van der Waals surface area contributed by atoms with Gasteiger partial charge < -0.3 is 37.9 Å². The Morgan fingerprint density at radius 1 is 0.262 bits per heavy atom. The minimum atomic E-state index is 0.0878. The topological polar surface area (TPSA) is 73.8 Å².